The third-order valence-electron chi connectivity index (χ3n) is 2.59. The Morgan fingerprint density at radius 3 is 2.83 bits per heavy atom. The Morgan fingerprint density at radius 2 is 2.28 bits per heavy atom. The van der Waals surface area contributed by atoms with E-state index in [9.17, 15) is 18.0 Å². The molecular weight excluding hydrogens is 269 g/mol. The smallest absolute Gasteiger partial charge is 0.397 e. The molecule has 1 N–H and O–H groups in total. The molecule has 2 heterocycles. The lowest BCUT2D eigenvalue weighted by atomic mass is 9.99. The molecule has 0 bridgehead atoms. The van der Waals surface area contributed by atoms with Gasteiger partial charge in [-0.25, -0.2) is 4.98 Å². The molecule has 0 saturated carbocycles. The van der Waals surface area contributed by atoms with Crippen LogP contribution in [0.2, 0.25) is 0 Å². The molecule has 0 aliphatic rings. The molecule has 0 fully saturated rings. The number of fused-ring (bicyclic) bond motifs is 1. The van der Waals surface area contributed by atoms with E-state index in [2.05, 4.69) is 4.98 Å². The first kappa shape index (κ1) is 12.9. The number of imidazole rings is 1. The van der Waals surface area contributed by atoms with E-state index in [0.29, 0.717) is 4.96 Å². The van der Waals surface area contributed by atoms with E-state index in [0.717, 1.165) is 0 Å². The van der Waals surface area contributed by atoms with Crippen LogP contribution < -0.4 is 0 Å². The summed E-state index contributed by atoms with van der Waals surface area (Å²) in [4.78, 5) is 15.0. The van der Waals surface area contributed by atoms with Crippen LogP contribution in [-0.2, 0) is 4.79 Å². The van der Waals surface area contributed by atoms with Crippen molar-refractivity contribution in [2.24, 2.45) is 0 Å². The quantitative estimate of drug-likeness (QED) is 0.939. The van der Waals surface area contributed by atoms with Gasteiger partial charge in [0.05, 0.1) is 17.8 Å². The van der Waals surface area contributed by atoms with Gasteiger partial charge in [-0.2, -0.15) is 13.2 Å². The molecule has 1 unspecified atom stereocenters. The van der Waals surface area contributed by atoms with Gasteiger partial charge < -0.3 is 5.11 Å². The second-order valence-corrected chi connectivity index (χ2v) is 4.70. The summed E-state index contributed by atoms with van der Waals surface area (Å²) < 4.78 is 40.2. The first-order valence-corrected chi connectivity index (χ1v) is 5.89. The van der Waals surface area contributed by atoms with Gasteiger partial charge in [0.25, 0.3) is 0 Å². The minimum atomic E-state index is -4.61. The van der Waals surface area contributed by atoms with Crippen molar-refractivity contribution in [3.05, 3.63) is 23.0 Å². The van der Waals surface area contributed by atoms with Crippen LogP contribution in [0.1, 0.15) is 23.7 Å². The lowest BCUT2D eigenvalue weighted by molar-refractivity contribution is -0.164. The summed E-state index contributed by atoms with van der Waals surface area (Å²) in [5.41, 5.74) is 0.117. The number of hydrogen-bond acceptors (Lipinski definition) is 3. The van der Waals surface area contributed by atoms with Gasteiger partial charge in [0.15, 0.2) is 4.96 Å². The molecule has 2 rings (SSSR count). The number of carbonyl (C=O) groups is 1. The van der Waals surface area contributed by atoms with Crippen molar-refractivity contribution in [3.8, 4) is 0 Å². The maximum absolute atomic E-state index is 13.0. The molecule has 18 heavy (non-hydrogen) atoms. The number of thiazole rings is 1. The van der Waals surface area contributed by atoms with Crippen molar-refractivity contribution < 1.29 is 23.1 Å². The maximum atomic E-state index is 13.0. The number of carboxylic acids is 1. The highest BCUT2D eigenvalue weighted by Gasteiger charge is 2.44. The summed E-state index contributed by atoms with van der Waals surface area (Å²) in [6.45, 7) is 1.45. The first-order chi connectivity index (χ1) is 8.30. The molecule has 2 aromatic rings. The first-order valence-electron chi connectivity index (χ1n) is 5.01. The monoisotopic (exact) mass is 278 g/mol. The van der Waals surface area contributed by atoms with Crippen LogP contribution in [0, 0.1) is 6.92 Å². The minimum absolute atomic E-state index is 0.0962. The Hall–Kier alpha value is -1.57. The normalized spacial score (nSPS) is 14.0. The number of rotatable bonds is 3. The Bertz CT molecular complexity index is 587. The van der Waals surface area contributed by atoms with Crippen LogP contribution in [0.4, 0.5) is 13.2 Å². The second-order valence-electron chi connectivity index (χ2n) is 3.83. The average Bonchev–Trinajstić information content (AvgIpc) is 2.72. The molecule has 0 aliphatic carbocycles. The zero-order valence-electron chi connectivity index (χ0n) is 9.23. The molecule has 4 nitrogen and oxygen atoms in total. The Balaban J connectivity index is 2.56. The lowest BCUT2D eigenvalue weighted by Crippen LogP contribution is -2.25. The number of nitrogens with zero attached hydrogens (tertiary/aromatic N) is 2. The number of hydrogen-bond donors (Lipinski definition) is 1. The summed E-state index contributed by atoms with van der Waals surface area (Å²) in [5, 5.41) is 10.2. The van der Waals surface area contributed by atoms with E-state index in [4.69, 9.17) is 5.11 Å². The van der Waals surface area contributed by atoms with E-state index in [1.807, 2.05) is 0 Å². The summed E-state index contributed by atoms with van der Waals surface area (Å²) >= 11 is 1.21. The Labute approximate surface area is 104 Å². The van der Waals surface area contributed by atoms with Crippen LogP contribution in [0.5, 0.6) is 0 Å². The number of halogens is 3. The number of alkyl halides is 3. The highest BCUT2D eigenvalue weighted by atomic mass is 32.1. The van der Waals surface area contributed by atoms with E-state index in [1.54, 1.807) is 5.38 Å². The zero-order valence-corrected chi connectivity index (χ0v) is 10.0. The molecule has 2 aromatic heterocycles. The molecular formula is C10H9F3N2O2S. The third-order valence-corrected chi connectivity index (χ3v) is 3.34. The van der Waals surface area contributed by atoms with Crippen molar-refractivity contribution in [3.63, 3.8) is 0 Å². The standard InChI is InChI=1S/C10H9F3N2O2S/c1-5-8(15-2-3-18-9(15)14-5)6(4-7(16)17)10(11,12)13/h2-3,6H,4H2,1H3,(H,16,17). The van der Waals surface area contributed by atoms with Gasteiger partial charge in [-0.15, -0.1) is 11.3 Å². The topological polar surface area (TPSA) is 54.6 Å². The van der Waals surface area contributed by atoms with E-state index < -0.39 is 24.5 Å². The van der Waals surface area contributed by atoms with Crippen molar-refractivity contribution in [1.82, 2.24) is 9.38 Å². The highest BCUT2D eigenvalue weighted by Crippen LogP contribution is 2.39. The van der Waals surface area contributed by atoms with Gasteiger partial charge in [0.1, 0.15) is 5.92 Å². The van der Waals surface area contributed by atoms with Crippen LogP contribution in [0.25, 0.3) is 4.96 Å². The van der Waals surface area contributed by atoms with Crippen LogP contribution in [0.3, 0.4) is 0 Å². The fourth-order valence-electron chi connectivity index (χ4n) is 1.87. The van der Waals surface area contributed by atoms with Gasteiger partial charge in [0, 0.05) is 11.6 Å². The Morgan fingerprint density at radius 1 is 1.61 bits per heavy atom. The average molecular weight is 278 g/mol. The summed E-state index contributed by atoms with van der Waals surface area (Å²) in [5.74, 6) is -3.53. The van der Waals surface area contributed by atoms with Crippen molar-refractivity contribution in [2.75, 3.05) is 0 Å². The van der Waals surface area contributed by atoms with Crippen LogP contribution in [-0.4, -0.2) is 26.6 Å². The molecule has 1 atom stereocenters. The second kappa shape index (κ2) is 4.27. The fourth-order valence-corrected chi connectivity index (χ4v) is 2.64. The number of aryl methyl sites for hydroxylation is 1. The van der Waals surface area contributed by atoms with Crippen LogP contribution in [0.15, 0.2) is 11.6 Å². The molecule has 0 aromatic carbocycles. The lowest BCUT2D eigenvalue weighted by Gasteiger charge is -2.18. The number of carboxylic acid groups (broad SMARTS) is 1. The third kappa shape index (κ3) is 2.20. The minimum Gasteiger partial charge on any atom is -0.481 e. The van der Waals surface area contributed by atoms with E-state index >= 15 is 0 Å². The predicted molar refractivity (Wildman–Crippen MR) is 58.9 cm³/mol. The number of aliphatic carboxylic acids is 1. The molecule has 0 radical (unpaired) electrons. The summed E-state index contributed by atoms with van der Waals surface area (Å²) in [6, 6.07) is 0. The van der Waals surface area contributed by atoms with Gasteiger partial charge in [-0.3, -0.25) is 9.20 Å². The largest absolute Gasteiger partial charge is 0.481 e. The molecule has 0 saturated heterocycles. The van der Waals surface area contributed by atoms with Gasteiger partial charge in [-0.05, 0) is 6.92 Å². The molecule has 0 aliphatic heterocycles. The zero-order chi connectivity index (χ0) is 13.5. The maximum Gasteiger partial charge on any atom is 0.397 e. The van der Waals surface area contributed by atoms with E-state index in [-0.39, 0.29) is 11.4 Å². The predicted octanol–water partition coefficient (Wildman–Crippen LogP) is 2.82. The van der Waals surface area contributed by atoms with Crippen molar-refractivity contribution >= 4 is 22.3 Å². The molecule has 8 heteroatoms. The highest BCUT2D eigenvalue weighted by molar-refractivity contribution is 7.15. The van der Waals surface area contributed by atoms with Gasteiger partial charge in [-0.1, -0.05) is 0 Å². The molecule has 0 amide bonds. The van der Waals surface area contributed by atoms with Crippen LogP contribution >= 0.6 is 11.3 Å². The van der Waals surface area contributed by atoms with E-state index in [1.165, 1.54) is 28.9 Å². The fraction of sp³-hybridized carbons (Fsp3) is 0.400. The summed E-state index contributed by atoms with van der Waals surface area (Å²) in [7, 11) is 0. The SMILES string of the molecule is Cc1nc2sccn2c1C(CC(=O)O)C(F)(F)F. The van der Waals surface area contributed by atoms with Gasteiger partial charge >= 0.3 is 12.1 Å². The number of aromatic nitrogens is 2. The Kier molecular flexibility index (Phi) is 3.05. The van der Waals surface area contributed by atoms with Crippen molar-refractivity contribution in [2.45, 2.75) is 25.4 Å². The van der Waals surface area contributed by atoms with Gasteiger partial charge in [0.2, 0.25) is 0 Å². The van der Waals surface area contributed by atoms with Crippen molar-refractivity contribution in [1.29, 1.82) is 0 Å². The summed E-state index contributed by atoms with van der Waals surface area (Å²) in [6.07, 6.45) is -4.13. The molecule has 0 spiro atoms. The molecule has 98 valence electrons.